The van der Waals surface area contributed by atoms with Crippen molar-refractivity contribution in [1.82, 2.24) is 14.6 Å². The molecule has 1 aliphatic rings. The van der Waals surface area contributed by atoms with Crippen LogP contribution in [0.25, 0.3) is 5.65 Å². The normalized spacial score (nSPS) is 16.7. The van der Waals surface area contributed by atoms with Crippen LogP contribution in [-0.4, -0.2) is 38.9 Å². The molecule has 0 saturated carbocycles. The van der Waals surface area contributed by atoms with Crippen molar-refractivity contribution in [1.29, 1.82) is 0 Å². The van der Waals surface area contributed by atoms with E-state index in [9.17, 15) is 4.79 Å². The highest BCUT2D eigenvalue weighted by Crippen LogP contribution is 2.24. The molecule has 0 amide bonds. The SMILES string of the molecule is O=C(O)c1ccc(C2OCCO2)n2cnnc12. The van der Waals surface area contributed by atoms with Crippen molar-refractivity contribution in [3.63, 3.8) is 0 Å². The Hall–Kier alpha value is -1.99. The van der Waals surface area contributed by atoms with E-state index in [1.54, 1.807) is 10.5 Å². The summed E-state index contributed by atoms with van der Waals surface area (Å²) in [6.07, 6.45) is 0.957. The van der Waals surface area contributed by atoms with Crippen LogP contribution in [0.4, 0.5) is 0 Å². The average Bonchev–Trinajstić information content (AvgIpc) is 2.98. The molecule has 0 bridgehead atoms. The zero-order chi connectivity index (χ0) is 11.8. The van der Waals surface area contributed by atoms with E-state index >= 15 is 0 Å². The Bertz CT molecular complexity index is 574. The van der Waals surface area contributed by atoms with Crippen LogP contribution in [0.15, 0.2) is 18.5 Å². The van der Waals surface area contributed by atoms with Gasteiger partial charge in [0.1, 0.15) is 11.9 Å². The second-order valence-corrected chi connectivity index (χ2v) is 3.58. The second kappa shape index (κ2) is 3.79. The zero-order valence-electron chi connectivity index (χ0n) is 8.74. The predicted octanol–water partition coefficient (Wildman–Crippen LogP) is 0.473. The number of hydrogen-bond donors (Lipinski definition) is 1. The van der Waals surface area contributed by atoms with Crippen molar-refractivity contribution in [2.45, 2.75) is 6.29 Å². The maximum Gasteiger partial charge on any atom is 0.339 e. The fourth-order valence-electron chi connectivity index (χ4n) is 1.82. The van der Waals surface area contributed by atoms with Gasteiger partial charge in [-0.15, -0.1) is 10.2 Å². The standard InChI is InChI=1S/C10H9N3O4/c14-9(15)6-1-2-7(10-16-3-4-17-10)13-5-11-12-8(6)13/h1-2,5,10H,3-4H2,(H,14,15). The molecule has 0 aliphatic carbocycles. The molecule has 1 fully saturated rings. The molecular weight excluding hydrogens is 226 g/mol. The third-order valence-corrected chi connectivity index (χ3v) is 2.58. The van der Waals surface area contributed by atoms with E-state index in [1.165, 1.54) is 12.4 Å². The number of carbonyl (C=O) groups is 1. The second-order valence-electron chi connectivity index (χ2n) is 3.58. The summed E-state index contributed by atoms with van der Waals surface area (Å²) in [5.41, 5.74) is 1.07. The van der Waals surface area contributed by atoms with E-state index in [1.807, 2.05) is 0 Å². The van der Waals surface area contributed by atoms with Crippen LogP contribution in [0.1, 0.15) is 22.3 Å². The third kappa shape index (κ3) is 1.56. The van der Waals surface area contributed by atoms with Crippen LogP contribution in [-0.2, 0) is 9.47 Å². The van der Waals surface area contributed by atoms with Crippen molar-refractivity contribution >= 4 is 11.6 Å². The van der Waals surface area contributed by atoms with Crippen LogP contribution in [0.2, 0.25) is 0 Å². The number of ether oxygens (including phenoxy) is 2. The first-order valence-electron chi connectivity index (χ1n) is 5.06. The van der Waals surface area contributed by atoms with Gasteiger partial charge in [0.2, 0.25) is 0 Å². The molecule has 2 aromatic heterocycles. The maximum atomic E-state index is 11.0. The molecule has 3 rings (SSSR count). The van der Waals surface area contributed by atoms with Crippen molar-refractivity contribution < 1.29 is 19.4 Å². The van der Waals surface area contributed by atoms with Gasteiger partial charge in [-0.3, -0.25) is 4.40 Å². The lowest BCUT2D eigenvalue weighted by Crippen LogP contribution is -2.08. The maximum absolute atomic E-state index is 11.0. The molecule has 0 radical (unpaired) electrons. The Labute approximate surface area is 95.6 Å². The number of hydrogen-bond acceptors (Lipinski definition) is 5. The lowest BCUT2D eigenvalue weighted by atomic mass is 10.2. The molecule has 17 heavy (non-hydrogen) atoms. The number of aromatic nitrogens is 3. The van der Waals surface area contributed by atoms with E-state index < -0.39 is 12.3 Å². The summed E-state index contributed by atoms with van der Waals surface area (Å²) in [6.45, 7) is 1.05. The Morgan fingerprint density at radius 3 is 2.88 bits per heavy atom. The molecule has 7 nitrogen and oxygen atoms in total. The first-order chi connectivity index (χ1) is 8.27. The Morgan fingerprint density at radius 2 is 2.18 bits per heavy atom. The molecule has 1 aliphatic heterocycles. The van der Waals surface area contributed by atoms with Gasteiger partial charge in [-0.05, 0) is 12.1 Å². The topological polar surface area (TPSA) is 86.0 Å². The van der Waals surface area contributed by atoms with Gasteiger partial charge >= 0.3 is 5.97 Å². The van der Waals surface area contributed by atoms with Gasteiger partial charge in [-0.25, -0.2) is 4.79 Å². The lowest BCUT2D eigenvalue weighted by molar-refractivity contribution is -0.0481. The van der Waals surface area contributed by atoms with Gasteiger partial charge in [0.05, 0.1) is 18.9 Å². The summed E-state index contributed by atoms with van der Waals surface area (Å²) >= 11 is 0. The highest BCUT2D eigenvalue weighted by molar-refractivity contribution is 5.94. The van der Waals surface area contributed by atoms with Crippen molar-refractivity contribution in [2.75, 3.05) is 13.2 Å². The number of fused-ring (bicyclic) bond motifs is 1. The minimum absolute atomic E-state index is 0.101. The Balaban J connectivity index is 2.17. The van der Waals surface area contributed by atoms with Crippen LogP contribution in [0.3, 0.4) is 0 Å². The highest BCUT2D eigenvalue weighted by Gasteiger charge is 2.23. The number of nitrogens with zero attached hydrogens (tertiary/aromatic N) is 3. The van der Waals surface area contributed by atoms with E-state index in [0.29, 0.717) is 18.9 Å². The minimum atomic E-state index is -1.04. The minimum Gasteiger partial charge on any atom is -0.478 e. The van der Waals surface area contributed by atoms with Crippen molar-refractivity contribution in [3.8, 4) is 0 Å². The van der Waals surface area contributed by atoms with Gasteiger partial charge in [0, 0.05) is 0 Å². The van der Waals surface area contributed by atoms with Gasteiger partial charge in [-0.1, -0.05) is 0 Å². The lowest BCUT2D eigenvalue weighted by Gasteiger charge is -2.11. The number of aromatic carboxylic acids is 1. The van der Waals surface area contributed by atoms with Crippen molar-refractivity contribution in [2.24, 2.45) is 0 Å². The molecule has 0 unspecified atom stereocenters. The molecule has 3 heterocycles. The van der Waals surface area contributed by atoms with Crippen LogP contribution in [0.5, 0.6) is 0 Å². The first kappa shape index (κ1) is 10.2. The molecule has 1 saturated heterocycles. The highest BCUT2D eigenvalue weighted by atomic mass is 16.7. The van der Waals surface area contributed by atoms with Gasteiger partial charge in [-0.2, -0.15) is 0 Å². The quantitative estimate of drug-likeness (QED) is 0.814. The molecule has 0 aromatic carbocycles. The monoisotopic (exact) mass is 235 g/mol. The molecule has 2 aromatic rings. The third-order valence-electron chi connectivity index (χ3n) is 2.58. The summed E-state index contributed by atoms with van der Waals surface area (Å²) in [6, 6.07) is 3.13. The fourth-order valence-corrected chi connectivity index (χ4v) is 1.82. The van der Waals surface area contributed by atoms with E-state index in [2.05, 4.69) is 10.2 Å². The molecule has 88 valence electrons. The molecule has 1 N–H and O–H groups in total. The number of rotatable bonds is 2. The summed E-state index contributed by atoms with van der Waals surface area (Å²) in [4.78, 5) is 11.0. The summed E-state index contributed by atoms with van der Waals surface area (Å²) in [5, 5.41) is 16.5. The first-order valence-corrected chi connectivity index (χ1v) is 5.06. The van der Waals surface area contributed by atoms with Gasteiger partial charge < -0.3 is 14.6 Å². The largest absolute Gasteiger partial charge is 0.478 e. The number of carboxylic acids is 1. The summed E-state index contributed by atoms with van der Waals surface area (Å²) in [7, 11) is 0. The number of carboxylic acid groups (broad SMARTS) is 1. The van der Waals surface area contributed by atoms with Gasteiger partial charge in [0.15, 0.2) is 11.9 Å². The molecule has 7 heteroatoms. The molecule has 0 atom stereocenters. The fraction of sp³-hybridized carbons (Fsp3) is 0.300. The van der Waals surface area contributed by atoms with E-state index in [4.69, 9.17) is 14.6 Å². The Kier molecular flexibility index (Phi) is 2.27. The zero-order valence-corrected chi connectivity index (χ0v) is 8.74. The summed E-state index contributed by atoms with van der Waals surface area (Å²) in [5.74, 6) is -1.04. The van der Waals surface area contributed by atoms with E-state index in [-0.39, 0.29) is 11.2 Å². The van der Waals surface area contributed by atoms with Crippen LogP contribution >= 0.6 is 0 Å². The smallest absolute Gasteiger partial charge is 0.339 e. The average molecular weight is 235 g/mol. The summed E-state index contributed by atoms with van der Waals surface area (Å²) < 4.78 is 12.3. The Morgan fingerprint density at radius 1 is 1.41 bits per heavy atom. The predicted molar refractivity (Wildman–Crippen MR) is 54.6 cm³/mol. The van der Waals surface area contributed by atoms with Crippen LogP contribution < -0.4 is 0 Å². The van der Waals surface area contributed by atoms with E-state index in [0.717, 1.165) is 0 Å². The number of pyridine rings is 1. The van der Waals surface area contributed by atoms with Gasteiger partial charge in [0.25, 0.3) is 0 Å². The molecular formula is C10H9N3O4. The van der Waals surface area contributed by atoms with Crippen molar-refractivity contribution in [3.05, 3.63) is 29.7 Å². The van der Waals surface area contributed by atoms with Crippen LogP contribution in [0, 0.1) is 0 Å². The molecule has 0 spiro atoms.